The van der Waals surface area contributed by atoms with Crippen molar-refractivity contribution in [3.05, 3.63) is 23.8 Å². The van der Waals surface area contributed by atoms with E-state index in [0.717, 1.165) is 5.69 Å². The second-order valence-electron chi connectivity index (χ2n) is 3.99. The molecule has 6 heteroatoms. The molecule has 0 saturated heterocycles. The van der Waals surface area contributed by atoms with Crippen LogP contribution in [-0.4, -0.2) is 45.0 Å². The van der Waals surface area contributed by atoms with Crippen LogP contribution >= 0.6 is 0 Å². The van der Waals surface area contributed by atoms with Crippen LogP contribution in [0.1, 0.15) is 12.5 Å². The molecule has 0 bridgehead atoms. The second kappa shape index (κ2) is 7.48. The highest BCUT2D eigenvalue weighted by Crippen LogP contribution is 2.25. The number of anilines is 1. The molecule has 0 aliphatic rings. The first kappa shape index (κ1) is 15.1. The highest BCUT2D eigenvalue weighted by atomic mass is 16.5. The molecule has 6 nitrogen and oxygen atoms in total. The predicted molar refractivity (Wildman–Crippen MR) is 75.3 cm³/mol. The maximum absolute atomic E-state index is 8.82. The Kier molecular flexibility index (Phi) is 5.95. The number of likely N-dealkylation sites (N-methyl/N-ethyl adjacent to an activating group) is 1. The van der Waals surface area contributed by atoms with E-state index in [1.54, 1.807) is 19.2 Å². The smallest absolute Gasteiger partial charge is 0.172 e. The minimum Gasteiger partial charge on any atom is -0.497 e. The van der Waals surface area contributed by atoms with Crippen molar-refractivity contribution in [2.45, 2.75) is 6.92 Å². The minimum atomic E-state index is 0.0703. The number of rotatable bonds is 7. The third kappa shape index (κ3) is 4.03. The lowest BCUT2D eigenvalue weighted by Crippen LogP contribution is -2.26. The molecule has 0 saturated carbocycles. The molecule has 0 spiro atoms. The van der Waals surface area contributed by atoms with Gasteiger partial charge in [-0.3, -0.25) is 0 Å². The van der Waals surface area contributed by atoms with Crippen molar-refractivity contribution in [1.82, 2.24) is 0 Å². The molecule has 0 unspecified atom stereocenters. The van der Waals surface area contributed by atoms with Crippen LogP contribution in [-0.2, 0) is 4.74 Å². The summed E-state index contributed by atoms with van der Waals surface area (Å²) in [6.45, 7) is 3.94. The Balaban J connectivity index is 3.00. The molecule has 0 fully saturated rings. The van der Waals surface area contributed by atoms with E-state index >= 15 is 0 Å². The molecule has 1 aromatic carbocycles. The Morgan fingerprint density at radius 3 is 2.79 bits per heavy atom. The first-order valence-corrected chi connectivity index (χ1v) is 6.08. The number of benzene rings is 1. The minimum absolute atomic E-state index is 0.0703. The SMILES string of the molecule is CCOCCN(C)c1cc(OC)ccc1/C(N)=N/O. The molecular weight excluding hydrogens is 246 g/mol. The molecule has 0 atom stereocenters. The highest BCUT2D eigenvalue weighted by Gasteiger charge is 2.12. The fraction of sp³-hybridized carbons (Fsp3) is 0.462. The standard InChI is InChI=1S/C13H21N3O3/c1-4-19-8-7-16(2)12-9-10(18-3)5-6-11(12)13(14)15-17/h5-6,9,17H,4,7-8H2,1-3H3,(H2,14,15). The van der Waals surface area contributed by atoms with Crippen molar-refractivity contribution in [3.8, 4) is 5.75 Å². The molecule has 106 valence electrons. The van der Waals surface area contributed by atoms with Crippen LogP contribution in [0.3, 0.4) is 0 Å². The van der Waals surface area contributed by atoms with Gasteiger partial charge in [0, 0.05) is 31.8 Å². The third-order valence-electron chi connectivity index (χ3n) is 2.77. The lowest BCUT2D eigenvalue weighted by Gasteiger charge is -2.22. The average Bonchev–Trinajstić information content (AvgIpc) is 2.45. The van der Waals surface area contributed by atoms with Gasteiger partial charge in [-0.2, -0.15) is 0 Å². The van der Waals surface area contributed by atoms with Gasteiger partial charge in [0.1, 0.15) is 5.75 Å². The Morgan fingerprint density at radius 1 is 1.47 bits per heavy atom. The van der Waals surface area contributed by atoms with Crippen LogP contribution in [0.4, 0.5) is 5.69 Å². The topological polar surface area (TPSA) is 80.3 Å². The van der Waals surface area contributed by atoms with Gasteiger partial charge >= 0.3 is 0 Å². The van der Waals surface area contributed by atoms with Gasteiger partial charge in [-0.15, -0.1) is 0 Å². The lowest BCUT2D eigenvalue weighted by molar-refractivity contribution is 0.154. The van der Waals surface area contributed by atoms with Gasteiger partial charge in [-0.05, 0) is 19.1 Å². The maximum atomic E-state index is 8.82. The van der Waals surface area contributed by atoms with Gasteiger partial charge < -0.3 is 25.3 Å². The number of nitrogens with two attached hydrogens (primary N) is 1. The zero-order valence-electron chi connectivity index (χ0n) is 11.6. The number of hydrogen-bond acceptors (Lipinski definition) is 5. The predicted octanol–water partition coefficient (Wildman–Crippen LogP) is 1.26. The van der Waals surface area contributed by atoms with Crippen LogP contribution in [0.25, 0.3) is 0 Å². The summed E-state index contributed by atoms with van der Waals surface area (Å²) < 4.78 is 10.5. The molecule has 0 aliphatic carbocycles. The molecule has 19 heavy (non-hydrogen) atoms. The second-order valence-corrected chi connectivity index (χ2v) is 3.99. The number of hydrogen-bond donors (Lipinski definition) is 2. The van der Waals surface area contributed by atoms with Crippen LogP contribution in [0.5, 0.6) is 5.75 Å². The quantitative estimate of drug-likeness (QED) is 0.256. The summed E-state index contributed by atoms with van der Waals surface area (Å²) in [7, 11) is 3.52. The Hall–Kier alpha value is -1.95. The molecule has 0 aliphatic heterocycles. The molecule has 3 N–H and O–H groups in total. The molecule has 0 heterocycles. The summed E-state index contributed by atoms with van der Waals surface area (Å²) in [6.07, 6.45) is 0. The van der Waals surface area contributed by atoms with Gasteiger partial charge in [-0.25, -0.2) is 0 Å². The molecule has 0 aromatic heterocycles. The van der Waals surface area contributed by atoms with Crippen molar-refractivity contribution >= 4 is 11.5 Å². The van der Waals surface area contributed by atoms with E-state index in [4.69, 9.17) is 20.4 Å². The van der Waals surface area contributed by atoms with Crippen molar-refractivity contribution in [1.29, 1.82) is 0 Å². The van der Waals surface area contributed by atoms with E-state index < -0.39 is 0 Å². The monoisotopic (exact) mass is 267 g/mol. The van der Waals surface area contributed by atoms with Crippen molar-refractivity contribution < 1.29 is 14.7 Å². The fourth-order valence-electron chi connectivity index (χ4n) is 1.69. The largest absolute Gasteiger partial charge is 0.497 e. The van der Waals surface area contributed by atoms with E-state index in [-0.39, 0.29) is 5.84 Å². The highest BCUT2D eigenvalue weighted by molar-refractivity contribution is 6.02. The summed E-state index contributed by atoms with van der Waals surface area (Å²) in [4.78, 5) is 1.98. The van der Waals surface area contributed by atoms with E-state index in [2.05, 4.69) is 5.16 Å². The summed E-state index contributed by atoms with van der Waals surface area (Å²) in [6, 6.07) is 5.38. The van der Waals surface area contributed by atoms with Gasteiger partial charge in [-0.1, -0.05) is 5.16 Å². The summed E-state index contributed by atoms with van der Waals surface area (Å²) in [5.74, 6) is 0.786. The Morgan fingerprint density at radius 2 is 2.21 bits per heavy atom. The van der Waals surface area contributed by atoms with Crippen molar-refractivity contribution in [2.24, 2.45) is 10.9 Å². The number of methoxy groups -OCH3 is 1. The number of oxime groups is 1. The Bertz CT molecular complexity index is 435. The first-order chi connectivity index (χ1) is 9.13. The fourth-order valence-corrected chi connectivity index (χ4v) is 1.69. The molecular formula is C13H21N3O3. The molecule has 1 rings (SSSR count). The summed E-state index contributed by atoms with van der Waals surface area (Å²) in [5, 5.41) is 11.9. The van der Waals surface area contributed by atoms with Crippen LogP contribution in [0, 0.1) is 0 Å². The van der Waals surface area contributed by atoms with Crippen LogP contribution < -0.4 is 15.4 Å². The zero-order chi connectivity index (χ0) is 14.3. The van der Waals surface area contributed by atoms with E-state index in [0.29, 0.717) is 31.1 Å². The Labute approximate surface area is 113 Å². The normalized spacial score (nSPS) is 11.4. The number of amidine groups is 1. The number of ether oxygens (including phenoxy) is 2. The average molecular weight is 267 g/mol. The molecule has 1 aromatic rings. The van der Waals surface area contributed by atoms with E-state index in [1.165, 1.54) is 0 Å². The van der Waals surface area contributed by atoms with Crippen LogP contribution in [0.15, 0.2) is 23.4 Å². The van der Waals surface area contributed by atoms with Gasteiger partial charge in [0.15, 0.2) is 5.84 Å². The zero-order valence-corrected chi connectivity index (χ0v) is 11.6. The first-order valence-electron chi connectivity index (χ1n) is 6.08. The van der Waals surface area contributed by atoms with Crippen molar-refractivity contribution in [2.75, 3.05) is 38.8 Å². The van der Waals surface area contributed by atoms with Crippen molar-refractivity contribution in [3.63, 3.8) is 0 Å². The van der Waals surface area contributed by atoms with E-state index in [1.807, 2.05) is 24.9 Å². The van der Waals surface area contributed by atoms with Crippen LogP contribution in [0.2, 0.25) is 0 Å². The summed E-state index contributed by atoms with van der Waals surface area (Å²) in [5.41, 5.74) is 7.16. The van der Waals surface area contributed by atoms with Gasteiger partial charge in [0.05, 0.1) is 19.4 Å². The maximum Gasteiger partial charge on any atom is 0.172 e. The summed E-state index contributed by atoms with van der Waals surface area (Å²) >= 11 is 0. The molecule has 0 amide bonds. The van der Waals surface area contributed by atoms with Gasteiger partial charge in [0.25, 0.3) is 0 Å². The van der Waals surface area contributed by atoms with E-state index in [9.17, 15) is 0 Å². The molecule has 0 radical (unpaired) electrons. The lowest BCUT2D eigenvalue weighted by atomic mass is 10.1. The third-order valence-corrected chi connectivity index (χ3v) is 2.77. The van der Waals surface area contributed by atoms with Gasteiger partial charge in [0.2, 0.25) is 0 Å². The number of nitrogens with zero attached hydrogens (tertiary/aromatic N) is 2.